The molecule has 1 aliphatic rings. The Morgan fingerprint density at radius 1 is 1.15 bits per heavy atom. The van der Waals surface area contributed by atoms with E-state index in [2.05, 4.69) is 4.72 Å². The van der Waals surface area contributed by atoms with E-state index in [9.17, 15) is 8.42 Å². The average Bonchev–Trinajstić information content (AvgIpc) is 2.93. The molecule has 1 fully saturated rings. The summed E-state index contributed by atoms with van der Waals surface area (Å²) in [6, 6.07) is 6.96. The van der Waals surface area contributed by atoms with E-state index in [1.54, 1.807) is 12.1 Å². The Morgan fingerprint density at radius 3 is 2.40 bits per heavy atom. The van der Waals surface area contributed by atoms with Crippen molar-refractivity contribution in [1.29, 1.82) is 0 Å². The zero-order chi connectivity index (χ0) is 14.4. The fourth-order valence-corrected chi connectivity index (χ4v) is 3.99. The van der Waals surface area contributed by atoms with Gasteiger partial charge in [-0.25, -0.2) is 13.1 Å². The van der Waals surface area contributed by atoms with Crippen molar-refractivity contribution >= 4 is 21.6 Å². The molecule has 3 nitrogen and oxygen atoms in total. The second-order valence-electron chi connectivity index (χ2n) is 5.42. The first-order valence-corrected chi connectivity index (χ1v) is 9.28. The quantitative estimate of drug-likeness (QED) is 0.785. The van der Waals surface area contributed by atoms with E-state index < -0.39 is 10.0 Å². The highest BCUT2D eigenvalue weighted by Gasteiger charge is 2.17. The normalized spacial score (nSPS) is 16.6. The van der Waals surface area contributed by atoms with Crippen LogP contribution in [-0.4, -0.2) is 20.8 Å². The largest absolute Gasteiger partial charge is 0.240 e. The fourth-order valence-electron chi connectivity index (χ4n) is 2.72. The van der Waals surface area contributed by atoms with Crippen LogP contribution in [0.1, 0.15) is 37.7 Å². The maximum Gasteiger partial charge on any atom is 0.240 e. The van der Waals surface area contributed by atoms with E-state index in [1.165, 1.54) is 25.7 Å². The number of nitrogens with one attached hydrogen (secondary N) is 1. The van der Waals surface area contributed by atoms with Gasteiger partial charge in [0.2, 0.25) is 10.0 Å². The molecule has 0 aliphatic heterocycles. The second-order valence-corrected chi connectivity index (χ2v) is 7.56. The minimum Gasteiger partial charge on any atom is -0.211 e. The highest BCUT2D eigenvalue weighted by atomic mass is 35.5. The molecule has 1 N–H and O–H groups in total. The standard InChI is InChI=1S/C15H22ClNO2S/c16-11-9-14-5-7-15(8-6-14)20(18,19)17-12-10-13-3-1-2-4-13/h5-8,13,17H,1-4,9-12H2. The molecular formula is C15H22ClNO2S. The molecule has 20 heavy (non-hydrogen) atoms. The highest BCUT2D eigenvalue weighted by Crippen LogP contribution is 2.27. The van der Waals surface area contributed by atoms with Gasteiger partial charge in [-0.05, 0) is 36.5 Å². The van der Waals surface area contributed by atoms with E-state index in [1.807, 2.05) is 12.1 Å². The monoisotopic (exact) mass is 315 g/mol. The predicted molar refractivity (Wildman–Crippen MR) is 82.6 cm³/mol. The summed E-state index contributed by atoms with van der Waals surface area (Å²) in [6.45, 7) is 0.538. The van der Waals surface area contributed by atoms with Crippen molar-refractivity contribution in [1.82, 2.24) is 4.72 Å². The van der Waals surface area contributed by atoms with Crippen molar-refractivity contribution in [2.45, 2.75) is 43.4 Å². The summed E-state index contributed by atoms with van der Waals surface area (Å²) in [5, 5.41) is 0. The first kappa shape index (κ1) is 15.8. The third-order valence-corrected chi connectivity index (χ3v) is 5.60. The first-order valence-electron chi connectivity index (χ1n) is 7.26. The molecule has 0 atom stereocenters. The zero-order valence-electron chi connectivity index (χ0n) is 11.6. The maximum atomic E-state index is 12.1. The molecular weight excluding hydrogens is 294 g/mol. The molecule has 5 heteroatoms. The van der Waals surface area contributed by atoms with Crippen LogP contribution in [0.4, 0.5) is 0 Å². The summed E-state index contributed by atoms with van der Waals surface area (Å²) in [7, 11) is -3.37. The van der Waals surface area contributed by atoms with Crippen molar-refractivity contribution < 1.29 is 8.42 Å². The molecule has 1 aliphatic carbocycles. The van der Waals surface area contributed by atoms with Crippen LogP contribution in [0, 0.1) is 5.92 Å². The molecule has 0 spiro atoms. The smallest absolute Gasteiger partial charge is 0.211 e. The van der Waals surface area contributed by atoms with Crippen LogP contribution in [0.25, 0.3) is 0 Å². The summed E-state index contributed by atoms with van der Waals surface area (Å²) in [5.41, 5.74) is 1.06. The van der Waals surface area contributed by atoms with Gasteiger partial charge in [-0.15, -0.1) is 11.6 Å². The van der Waals surface area contributed by atoms with E-state index in [-0.39, 0.29) is 0 Å². The first-order chi connectivity index (χ1) is 9.62. The Morgan fingerprint density at radius 2 is 1.80 bits per heavy atom. The van der Waals surface area contributed by atoms with Crippen LogP contribution in [-0.2, 0) is 16.4 Å². The summed E-state index contributed by atoms with van der Waals surface area (Å²) < 4.78 is 27.0. The van der Waals surface area contributed by atoms with Gasteiger partial charge in [-0.2, -0.15) is 0 Å². The van der Waals surface area contributed by atoms with Gasteiger partial charge >= 0.3 is 0 Å². The fraction of sp³-hybridized carbons (Fsp3) is 0.600. The molecule has 0 saturated heterocycles. The van der Waals surface area contributed by atoms with Gasteiger partial charge < -0.3 is 0 Å². The molecule has 0 radical (unpaired) electrons. The van der Waals surface area contributed by atoms with Gasteiger partial charge in [0.15, 0.2) is 0 Å². The number of sulfonamides is 1. The molecule has 1 aromatic carbocycles. The Kier molecular flexibility index (Phi) is 5.87. The van der Waals surface area contributed by atoms with Crippen LogP contribution in [0.5, 0.6) is 0 Å². The number of aryl methyl sites for hydroxylation is 1. The molecule has 2 rings (SSSR count). The lowest BCUT2D eigenvalue weighted by Crippen LogP contribution is -2.25. The molecule has 0 unspecified atom stereocenters. The minimum absolute atomic E-state index is 0.335. The number of hydrogen-bond acceptors (Lipinski definition) is 2. The van der Waals surface area contributed by atoms with Gasteiger partial charge in [-0.3, -0.25) is 0 Å². The molecule has 0 aromatic heterocycles. The Labute approximate surface area is 126 Å². The second kappa shape index (κ2) is 7.43. The lowest BCUT2D eigenvalue weighted by molar-refractivity contribution is 0.495. The van der Waals surface area contributed by atoms with E-state index >= 15 is 0 Å². The van der Waals surface area contributed by atoms with Crippen molar-refractivity contribution in [2.24, 2.45) is 5.92 Å². The van der Waals surface area contributed by atoms with Crippen molar-refractivity contribution in [3.63, 3.8) is 0 Å². The Balaban J connectivity index is 1.88. The number of benzene rings is 1. The summed E-state index contributed by atoms with van der Waals surface area (Å²) in [6.07, 6.45) is 6.78. The predicted octanol–water partition coefficient (Wildman–Crippen LogP) is 3.33. The van der Waals surface area contributed by atoms with Crippen LogP contribution in [0.15, 0.2) is 29.2 Å². The molecule has 1 aromatic rings. The zero-order valence-corrected chi connectivity index (χ0v) is 13.2. The van der Waals surface area contributed by atoms with E-state index in [4.69, 9.17) is 11.6 Å². The number of rotatable bonds is 7. The SMILES string of the molecule is O=S(=O)(NCCC1CCCC1)c1ccc(CCCl)cc1. The highest BCUT2D eigenvalue weighted by molar-refractivity contribution is 7.89. The Hall–Kier alpha value is -0.580. The molecule has 112 valence electrons. The van der Waals surface area contributed by atoms with E-state index in [0.29, 0.717) is 23.2 Å². The van der Waals surface area contributed by atoms with E-state index in [0.717, 1.165) is 18.4 Å². The van der Waals surface area contributed by atoms with Crippen LogP contribution >= 0.6 is 11.6 Å². The topological polar surface area (TPSA) is 46.2 Å². The van der Waals surface area contributed by atoms with Gasteiger partial charge in [0.1, 0.15) is 0 Å². The molecule has 0 bridgehead atoms. The maximum absolute atomic E-state index is 12.1. The number of hydrogen-bond donors (Lipinski definition) is 1. The molecule has 1 saturated carbocycles. The molecule has 0 heterocycles. The summed E-state index contributed by atoms with van der Waals surface area (Å²) in [4.78, 5) is 0.335. The lowest BCUT2D eigenvalue weighted by atomic mass is 10.1. The van der Waals surface area contributed by atoms with Crippen LogP contribution < -0.4 is 4.72 Å². The van der Waals surface area contributed by atoms with Gasteiger partial charge in [0.25, 0.3) is 0 Å². The van der Waals surface area contributed by atoms with Gasteiger partial charge in [0, 0.05) is 12.4 Å². The third-order valence-electron chi connectivity index (χ3n) is 3.94. The van der Waals surface area contributed by atoms with Crippen molar-refractivity contribution in [3.05, 3.63) is 29.8 Å². The molecule has 0 amide bonds. The van der Waals surface area contributed by atoms with Gasteiger partial charge in [0.05, 0.1) is 4.90 Å². The average molecular weight is 316 g/mol. The summed E-state index contributed by atoms with van der Waals surface area (Å²) >= 11 is 5.67. The van der Waals surface area contributed by atoms with Crippen molar-refractivity contribution in [3.8, 4) is 0 Å². The number of halogens is 1. The van der Waals surface area contributed by atoms with Crippen LogP contribution in [0.2, 0.25) is 0 Å². The minimum atomic E-state index is -3.37. The lowest BCUT2D eigenvalue weighted by Gasteiger charge is -2.10. The van der Waals surface area contributed by atoms with Crippen LogP contribution in [0.3, 0.4) is 0 Å². The summed E-state index contributed by atoms with van der Waals surface area (Å²) in [5.74, 6) is 1.25. The third kappa shape index (κ3) is 4.47. The van der Waals surface area contributed by atoms with Gasteiger partial charge in [-0.1, -0.05) is 37.8 Å². The Bertz CT molecular complexity index is 507. The number of alkyl halides is 1. The van der Waals surface area contributed by atoms with Crippen molar-refractivity contribution in [2.75, 3.05) is 12.4 Å².